The van der Waals surface area contributed by atoms with Crippen molar-refractivity contribution in [2.75, 3.05) is 30.4 Å². The molecule has 0 aliphatic carbocycles. The van der Waals surface area contributed by atoms with Gasteiger partial charge in [-0.2, -0.15) is 0 Å². The van der Waals surface area contributed by atoms with E-state index in [9.17, 15) is 9.36 Å². The zero-order chi connectivity index (χ0) is 30.2. The summed E-state index contributed by atoms with van der Waals surface area (Å²) in [7, 11) is -3.55. The molecule has 0 unspecified atom stereocenters. The lowest BCUT2D eigenvalue weighted by molar-refractivity contribution is -0.110. The van der Waals surface area contributed by atoms with Gasteiger partial charge in [0.15, 0.2) is 0 Å². The fourth-order valence-electron chi connectivity index (χ4n) is 5.20. The molecule has 2 N–H and O–H groups in total. The van der Waals surface area contributed by atoms with Gasteiger partial charge in [0.2, 0.25) is 0 Å². The van der Waals surface area contributed by atoms with E-state index in [1.165, 1.54) is 11.1 Å². The Bertz CT molecular complexity index is 1610. The molecule has 1 amide bonds. The first-order valence-corrected chi connectivity index (χ1v) is 16.3. The Morgan fingerprint density at radius 1 is 0.791 bits per heavy atom. The SMILES string of the molecule is CCOP(=O)(OCC)c1ccc2c(c1)/C(=C(/Nc1ccc(CN(CC)Cc3ccccc3)cc1)c1ccccc1)C(=O)N2. The second-order valence-corrected chi connectivity index (χ2v) is 12.3. The van der Waals surface area contributed by atoms with Gasteiger partial charge in [-0.1, -0.05) is 79.7 Å². The van der Waals surface area contributed by atoms with Crippen molar-refractivity contribution >= 4 is 41.5 Å². The van der Waals surface area contributed by atoms with Crippen LogP contribution < -0.4 is 15.9 Å². The highest BCUT2D eigenvalue weighted by molar-refractivity contribution is 7.62. The Kier molecular flexibility index (Phi) is 9.90. The molecule has 1 heterocycles. The summed E-state index contributed by atoms with van der Waals surface area (Å²) in [6.45, 7) is 8.87. The molecule has 7 nitrogen and oxygen atoms in total. The number of anilines is 2. The highest BCUT2D eigenvalue weighted by Gasteiger charge is 2.33. The highest BCUT2D eigenvalue weighted by atomic mass is 31.2. The third kappa shape index (κ3) is 7.15. The van der Waals surface area contributed by atoms with Crippen LogP contribution in [0.15, 0.2) is 103 Å². The Morgan fingerprint density at radius 3 is 2.00 bits per heavy atom. The van der Waals surface area contributed by atoms with Crippen LogP contribution in [0.1, 0.15) is 43.0 Å². The van der Waals surface area contributed by atoms with Gasteiger partial charge in [-0.25, -0.2) is 0 Å². The van der Waals surface area contributed by atoms with Crippen molar-refractivity contribution in [2.45, 2.75) is 33.9 Å². The van der Waals surface area contributed by atoms with Crippen molar-refractivity contribution < 1.29 is 18.4 Å². The number of nitrogens with zero attached hydrogens (tertiary/aromatic N) is 1. The number of amides is 1. The minimum absolute atomic E-state index is 0.239. The molecule has 1 aliphatic heterocycles. The maximum Gasteiger partial charge on any atom is 0.361 e. The van der Waals surface area contributed by atoms with Crippen molar-refractivity contribution in [2.24, 2.45) is 0 Å². The summed E-state index contributed by atoms with van der Waals surface area (Å²) in [5.41, 5.74) is 6.61. The molecule has 43 heavy (non-hydrogen) atoms. The quantitative estimate of drug-likeness (QED) is 0.123. The summed E-state index contributed by atoms with van der Waals surface area (Å²) in [5.74, 6) is -0.239. The fourth-order valence-corrected chi connectivity index (χ4v) is 6.80. The Morgan fingerprint density at radius 2 is 1.40 bits per heavy atom. The van der Waals surface area contributed by atoms with Crippen LogP contribution in [0.3, 0.4) is 0 Å². The largest absolute Gasteiger partial charge is 0.361 e. The van der Waals surface area contributed by atoms with E-state index < -0.39 is 7.60 Å². The number of hydrogen-bond acceptors (Lipinski definition) is 6. The van der Waals surface area contributed by atoms with Gasteiger partial charge in [0.05, 0.1) is 29.8 Å². The molecule has 4 aromatic rings. The minimum atomic E-state index is -3.55. The molecule has 0 saturated carbocycles. The van der Waals surface area contributed by atoms with Gasteiger partial charge in [-0.05, 0) is 67.4 Å². The molecule has 5 rings (SSSR count). The van der Waals surface area contributed by atoms with Crippen LogP contribution in [-0.4, -0.2) is 30.6 Å². The third-order valence-corrected chi connectivity index (χ3v) is 9.41. The van der Waals surface area contributed by atoms with E-state index in [4.69, 9.17) is 9.05 Å². The normalized spacial score (nSPS) is 14.0. The Balaban J connectivity index is 1.47. The third-order valence-electron chi connectivity index (χ3n) is 7.30. The minimum Gasteiger partial charge on any atom is -0.354 e. The predicted molar refractivity (Wildman–Crippen MR) is 175 cm³/mol. The van der Waals surface area contributed by atoms with Crippen molar-refractivity contribution in [3.05, 3.63) is 125 Å². The summed E-state index contributed by atoms with van der Waals surface area (Å²) in [6.07, 6.45) is 0. The van der Waals surface area contributed by atoms with Gasteiger partial charge in [0.1, 0.15) is 0 Å². The molecule has 0 atom stereocenters. The Hall–Kier alpha value is -4.00. The van der Waals surface area contributed by atoms with Crippen LogP contribution in [-0.2, 0) is 31.5 Å². The van der Waals surface area contributed by atoms with Gasteiger partial charge in [0, 0.05) is 30.0 Å². The lowest BCUT2D eigenvalue weighted by Gasteiger charge is -2.21. The van der Waals surface area contributed by atoms with E-state index in [0.29, 0.717) is 27.8 Å². The van der Waals surface area contributed by atoms with E-state index in [2.05, 4.69) is 58.9 Å². The van der Waals surface area contributed by atoms with Crippen molar-refractivity contribution in [3.63, 3.8) is 0 Å². The molecule has 4 aromatic carbocycles. The molecule has 0 saturated heterocycles. The lowest BCUT2D eigenvalue weighted by Crippen LogP contribution is -2.22. The number of carbonyl (C=O) groups excluding carboxylic acids is 1. The van der Waals surface area contributed by atoms with Crippen LogP contribution in [0.4, 0.5) is 11.4 Å². The number of nitrogens with one attached hydrogen (secondary N) is 2. The molecule has 0 bridgehead atoms. The van der Waals surface area contributed by atoms with E-state index in [0.717, 1.165) is 30.9 Å². The van der Waals surface area contributed by atoms with Crippen LogP contribution >= 0.6 is 7.60 Å². The first-order chi connectivity index (χ1) is 20.9. The summed E-state index contributed by atoms with van der Waals surface area (Å²) in [4.78, 5) is 15.9. The number of hydrogen-bond donors (Lipinski definition) is 2. The molecule has 0 spiro atoms. The number of fused-ring (bicyclic) bond motifs is 1. The van der Waals surface area contributed by atoms with Crippen molar-refractivity contribution in [1.82, 2.24) is 4.90 Å². The average Bonchev–Trinajstić information content (AvgIpc) is 3.36. The van der Waals surface area contributed by atoms with E-state index >= 15 is 0 Å². The summed E-state index contributed by atoms with van der Waals surface area (Å²) >= 11 is 0. The first-order valence-electron chi connectivity index (χ1n) is 14.7. The molecule has 1 aliphatic rings. The maximum atomic E-state index is 13.6. The monoisotopic (exact) mass is 595 g/mol. The summed E-state index contributed by atoms with van der Waals surface area (Å²) in [5, 5.41) is 6.91. The number of carbonyl (C=O) groups is 1. The molecular formula is C35H38N3O4P. The van der Waals surface area contributed by atoms with Gasteiger partial charge in [0.25, 0.3) is 5.91 Å². The van der Waals surface area contributed by atoms with Crippen LogP contribution in [0.5, 0.6) is 0 Å². The second kappa shape index (κ2) is 14.0. The molecule has 0 aromatic heterocycles. The predicted octanol–water partition coefficient (Wildman–Crippen LogP) is 7.53. The topological polar surface area (TPSA) is 79.9 Å². The molecular weight excluding hydrogens is 557 g/mol. The molecule has 222 valence electrons. The zero-order valence-electron chi connectivity index (χ0n) is 24.9. The van der Waals surface area contributed by atoms with Gasteiger partial charge in [-0.3, -0.25) is 14.3 Å². The number of benzene rings is 4. The summed E-state index contributed by atoms with van der Waals surface area (Å²) in [6, 6.07) is 33.7. The summed E-state index contributed by atoms with van der Waals surface area (Å²) < 4.78 is 24.8. The number of rotatable bonds is 13. The Labute approximate surface area is 254 Å². The van der Waals surface area contributed by atoms with Crippen LogP contribution in [0, 0.1) is 0 Å². The average molecular weight is 596 g/mol. The standard InChI is InChI=1S/C35H38N3O4P/c1-4-38(24-26-13-9-7-10-14-26)25-27-17-19-29(20-18-27)36-34(28-15-11-8-12-16-28)33-31-23-30(21-22-32(31)37-35(33)39)43(40,41-5-2)42-6-3/h7-23,36H,4-6,24-25H2,1-3H3,(H,37,39)/b34-33-. The van der Waals surface area contributed by atoms with Crippen LogP contribution in [0.25, 0.3) is 11.3 Å². The van der Waals surface area contributed by atoms with Gasteiger partial charge < -0.3 is 19.7 Å². The molecule has 0 fully saturated rings. The second-order valence-electron chi connectivity index (χ2n) is 10.2. The first kappa shape index (κ1) is 30.5. The lowest BCUT2D eigenvalue weighted by atomic mass is 10.00. The smallest absolute Gasteiger partial charge is 0.354 e. The molecule has 0 radical (unpaired) electrons. The van der Waals surface area contributed by atoms with Crippen molar-refractivity contribution in [3.8, 4) is 0 Å². The molecule has 8 heteroatoms. The zero-order valence-corrected chi connectivity index (χ0v) is 25.8. The van der Waals surface area contributed by atoms with E-state index in [1.54, 1.807) is 32.0 Å². The van der Waals surface area contributed by atoms with E-state index in [-0.39, 0.29) is 19.1 Å². The van der Waals surface area contributed by atoms with Crippen molar-refractivity contribution in [1.29, 1.82) is 0 Å². The van der Waals surface area contributed by atoms with E-state index in [1.807, 2.05) is 48.5 Å². The van der Waals surface area contributed by atoms with Gasteiger partial charge in [-0.15, -0.1) is 0 Å². The fraction of sp³-hybridized carbons (Fsp3) is 0.229. The highest BCUT2D eigenvalue weighted by Crippen LogP contribution is 2.48. The maximum absolute atomic E-state index is 13.6. The van der Waals surface area contributed by atoms with Crippen LogP contribution in [0.2, 0.25) is 0 Å². The van der Waals surface area contributed by atoms with Gasteiger partial charge >= 0.3 is 7.60 Å².